The zero-order valence-electron chi connectivity index (χ0n) is 15.6. The number of thiazole rings is 1. The molecule has 0 unspecified atom stereocenters. The van der Waals surface area contributed by atoms with Gasteiger partial charge < -0.3 is 10.4 Å². The summed E-state index contributed by atoms with van der Waals surface area (Å²) in [5.74, 6) is -1.53. The van der Waals surface area contributed by atoms with Crippen molar-refractivity contribution in [3.8, 4) is 0 Å². The standard InChI is InChI=1S/C18H16N4O5S2/c1-18(2,3)12-14(22(26)27)29-16(19-12)21-17-20-13(23)11(28-17)8-9-6-4-5-7-10(9)15(24)25/h4-8H,1-3H3,(H,24,25)(H,19,20,21,23)/b11-8-. The number of nitrogens with zero attached hydrogens (tertiary/aromatic N) is 3. The molecule has 0 bridgehead atoms. The lowest BCUT2D eigenvalue weighted by atomic mass is 9.93. The van der Waals surface area contributed by atoms with Gasteiger partial charge in [0.15, 0.2) is 5.17 Å². The molecule has 2 N–H and O–H groups in total. The maximum absolute atomic E-state index is 12.2. The Morgan fingerprint density at radius 1 is 1.34 bits per heavy atom. The van der Waals surface area contributed by atoms with E-state index in [9.17, 15) is 24.8 Å². The molecule has 3 rings (SSSR count). The second-order valence-corrected chi connectivity index (χ2v) is 9.02. The Hall–Kier alpha value is -3.05. The van der Waals surface area contributed by atoms with E-state index >= 15 is 0 Å². The lowest BCUT2D eigenvalue weighted by molar-refractivity contribution is -0.381. The number of benzene rings is 1. The van der Waals surface area contributed by atoms with Crippen LogP contribution in [0.3, 0.4) is 0 Å². The highest BCUT2D eigenvalue weighted by atomic mass is 32.2. The van der Waals surface area contributed by atoms with Crippen LogP contribution in [0.25, 0.3) is 6.08 Å². The summed E-state index contributed by atoms with van der Waals surface area (Å²) in [5, 5.41) is 23.4. The zero-order chi connectivity index (χ0) is 21.3. The summed E-state index contributed by atoms with van der Waals surface area (Å²) in [7, 11) is 0. The van der Waals surface area contributed by atoms with Gasteiger partial charge in [0.05, 0.1) is 15.4 Å². The molecule has 1 saturated heterocycles. The molecule has 0 radical (unpaired) electrons. The van der Waals surface area contributed by atoms with Crippen molar-refractivity contribution < 1.29 is 19.6 Å². The smallest absolute Gasteiger partial charge is 0.349 e. The Labute approximate surface area is 173 Å². The number of amides is 1. The summed E-state index contributed by atoms with van der Waals surface area (Å²) in [6.07, 6.45) is 1.47. The number of aromatic nitrogens is 1. The molecule has 1 aliphatic heterocycles. The number of carboxylic acids is 1. The maximum atomic E-state index is 12.2. The Balaban J connectivity index is 1.92. The third-order valence-electron chi connectivity index (χ3n) is 3.80. The van der Waals surface area contributed by atoms with E-state index in [4.69, 9.17) is 0 Å². The first kappa shape index (κ1) is 20.7. The first-order chi connectivity index (χ1) is 13.6. The minimum atomic E-state index is -1.10. The molecule has 2 aromatic rings. The number of hydrogen-bond donors (Lipinski definition) is 2. The molecule has 0 aliphatic carbocycles. The Morgan fingerprint density at radius 2 is 2.03 bits per heavy atom. The highest BCUT2D eigenvalue weighted by molar-refractivity contribution is 8.18. The van der Waals surface area contributed by atoms with Gasteiger partial charge in [-0.15, -0.1) is 0 Å². The Bertz CT molecular complexity index is 1080. The minimum Gasteiger partial charge on any atom is -0.478 e. The van der Waals surface area contributed by atoms with Gasteiger partial charge >= 0.3 is 11.0 Å². The lowest BCUT2D eigenvalue weighted by Crippen LogP contribution is -2.19. The first-order valence-electron chi connectivity index (χ1n) is 8.34. The third-order valence-corrected chi connectivity index (χ3v) is 5.61. The molecule has 150 valence electrons. The number of nitrogens with one attached hydrogen (secondary N) is 1. The SMILES string of the molecule is CC(C)(C)c1nc(N=C2NC(=O)/C(=C/c3ccccc3C(=O)O)S2)sc1[N+](=O)[O-]. The first-order valence-corrected chi connectivity index (χ1v) is 9.97. The van der Waals surface area contributed by atoms with Crippen molar-refractivity contribution in [3.63, 3.8) is 0 Å². The van der Waals surface area contributed by atoms with Crippen molar-refractivity contribution in [3.05, 3.63) is 56.1 Å². The fourth-order valence-electron chi connectivity index (χ4n) is 2.49. The maximum Gasteiger partial charge on any atom is 0.349 e. The van der Waals surface area contributed by atoms with E-state index in [1.807, 2.05) is 20.8 Å². The molecule has 2 heterocycles. The van der Waals surface area contributed by atoms with Crippen molar-refractivity contribution in [1.29, 1.82) is 0 Å². The number of amidine groups is 1. The van der Waals surface area contributed by atoms with E-state index < -0.39 is 22.2 Å². The van der Waals surface area contributed by atoms with Crippen LogP contribution in [0.4, 0.5) is 10.1 Å². The fraction of sp³-hybridized carbons (Fsp3) is 0.222. The van der Waals surface area contributed by atoms with E-state index in [2.05, 4.69) is 15.3 Å². The monoisotopic (exact) mass is 432 g/mol. The van der Waals surface area contributed by atoms with Gasteiger partial charge in [0.1, 0.15) is 5.69 Å². The number of carboxylic acid groups (broad SMARTS) is 1. The van der Waals surface area contributed by atoms with E-state index in [1.165, 1.54) is 12.1 Å². The lowest BCUT2D eigenvalue weighted by Gasteiger charge is -2.13. The quantitative estimate of drug-likeness (QED) is 0.424. The molecule has 0 spiro atoms. The summed E-state index contributed by atoms with van der Waals surface area (Å²) in [5.41, 5.74) is 0.255. The van der Waals surface area contributed by atoms with Gasteiger partial charge in [-0.2, -0.15) is 4.99 Å². The number of aromatic carboxylic acids is 1. The van der Waals surface area contributed by atoms with Crippen molar-refractivity contribution in [2.24, 2.45) is 4.99 Å². The van der Waals surface area contributed by atoms with Crippen molar-refractivity contribution in [2.75, 3.05) is 0 Å². The zero-order valence-corrected chi connectivity index (χ0v) is 17.3. The summed E-state index contributed by atoms with van der Waals surface area (Å²) < 4.78 is 0. The topological polar surface area (TPSA) is 135 Å². The normalized spacial score (nSPS) is 17.0. The highest BCUT2D eigenvalue weighted by Crippen LogP contribution is 2.40. The van der Waals surface area contributed by atoms with Crippen LogP contribution >= 0.6 is 23.1 Å². The van der Waals surface area contributed by atoms with E-state index in [-0.39, 0.29) is 25.8 Å². The predicted octanol–water partition coefficient (Wildman–Crippen LogP) is 3.94. The molecular weight excluding hydrogens is 416 g/mol. The average molecular weight is 432 g/mol. The van der Waals surface area contributed by atoms with Crippen molar-refractivity contribution in [2.45, 2.75) is 26.2 Å². The van der Waals surface area contributed by atoms with Gasteiger partial charge in [-0.3, -0.25) is 14.9 Å². The molecule has 1 amide bonds. The van der Waals surface area contributed by atoms with Crippen LogP contribution in [0.15, 0.2) is 34.2 Å². The summed E-state index contributed by atoms with van der Waals surface area (Å²) in [6.45, 7) is 5.45. The summed E-state index contributed by atoms with van der Waals surface area (Å²) in [4.78, 5) is 43.2. The number of carbonyl (C=O) groups is 2. The molecule has 0 saturated carbocycles. The van der Waals surface area contributed by atoms with Crippen LogP contribution in [0.2, 0.25) is 0 Å². The van der Waals surface area contributed by atoms with Gasteiger partial charge in [0.2, 0.25) is 5.13 Å². The van der Waals surface area contributed by atoms with E-state index in [0.29, 0.717) is 11.3 Å². The van der Waals surface area contributed by atoms with Crippen molar-refractivity contribution in [1.82, 2.24) is 10.3 Å². The average Bonchev–Trinajstić information content (AvgIpc) is 3.19. The van der Waals surface area contributed by atoms with Gasteiger partial charge in [-0.1, -0.05) is 39.0 Å². The van der Waals surface area contributed by atoms with Crippen LogP contribution in [0.1, 0.15) is 42.4 Å². The molecule has 1 fully saturated rings. The largest absolute Gasteiger partial charge is 0.478 e. The Kier molecular flexibility index (Phi) is 5.53. The van der Waals surface area contributed by atoms with Crippen LogP contribution in [-0.4, -0.2) is 32.1 Å². The van der Waals surface area contributed by atoms with E-state index in [1.54, 1.807) is 18.2 Å². The highest BCUT2D eigenvalue weighted by Gasteiger charge is 2.31. The van der Waals surface area contributed by atoms with E-state index in [0.717, 1.165) is 23.1 Å². The van der Waals surface area contributed by atoms with Gasteiger partial charge in [-0.25, -0.2) is 9.78 Å². The van der Waals surface area contributed by atoms with Crippen molar-refractivity contribution >= 4 is 56.4 Å². The molecular formula is C18H16N4O5S2. The second-order valence-electron chi connectivity index (χ2n) is 7.03. The van der Waals surface area contributed by atoms with Crippen LogP contribution < -0.4 is 5.32 Å². The van der Waals surface area contributed by atoms with Crippen LogP contribution in [0, 0.1) is 10.1 Å². The van der Waals surface area contributed by atoms with Gasteiger partial charge in [-0.05, 0) is 40.8 Å². The second kappa shape index (κ2) is 7.76. The minimum absolute atomic E-state index is 0.0733. The van der Waals surface area contributed by atoms with Crippen LogP contribution in [0.5, 0.6) is 0 Å². The molecule has 1 aromatic heterocycles. The Morgan fingerprint density at radius 3 is 2.62 bits per heavy atom. The molecule has 0 atom stereocenters. The summed E-state index contributed by atoms with van der Waals surface area (Å²) >= 11 is 1.85. The number of rotatable bonds is 4. The molecule has 1 aromatic carbocycles. The molecule has 11 heteroatoms. The molecule has 1 aliphatic rings. The van der Waals surface area contributed by atoms with Gasteiger partial charge in [0, 0.05) is 5.41 Å². The number of aliphatic imine (C=N–C) groups is 1. The van der Waals surface area contributed by atoms with Gasteiger partial charge in [0.25, 0.3) is 5.91 Å². The number of carbonyl (C=O) groups excluding carboxylic acids is 1. The summed E-state index contributed by atoms with van der Waals surface area (Å²) in [6, 6.07) is 6.32. The number of nitro groups is 1. The molecule has 9 nitrogen and oxygen atoms in total. The van der Waals surface area contributed by atoms with Crippen LogP contribution in [-0.2, 0) is 10.2 Å². The predicted molar refractivity (Wildman–Crippen MR) is 112 cm³/mol. The fourth-order valence-corrected chi connectivity index (χ4v) is 4.33. The number of thioether (sulfide) groups is 1. The molecule has 29 heavy (non-hydrogen) atoms. The third kappa shape index (κ3) is 4.51. The number of hydrogen-bond acceptors (Lipinski definition) is 8.